The molecule has 0 aliphatic heterocycles. The van der Waals surface area contributed by atoms with Crippen LogP contribution in [0.25, 0.3) is 28.1 Å². The number of esters is 1. The molecule has 0 saturated carbocycles. The van der Waals surface area contributed by atoms with Crippen LogP contribution in [0.5, 0.6) is 0 Å². The van der Waals surface area contributed by atoms with E-state index in [2.05, 4.69) is 39.3 Å². The molecule has 0 atom stereocenters. The standard InChI is InChI=1S/C24H18INO2/c1-28-24(27)22-19(17-10-4-2-5-11-17)16-26(21-15-9-8-14-20(21)25)23(22)18-12-6-3-7-13-18/h2-16H,1H3. The number of halogens is 1. The van der Waals surface area contributed by atoms with Crippen LogP contribution in [0.2, 0.25) is 0 Å². The minimum Gasteiger partial charge on any atom is -0.465 e. The van der Waals surface area contributed by atoms with Gasteiger partial charge >= 0.3 is 5.97 Å². The Morgan fingerprint density at radius 1 is 0.821 bits per heavy atom. The molecule has 0 fully saturated rings. The Bertz CT molecular complexity index is 1120. The van der Waals surface area contributed by atoms with E-state index in [1.807, 2.05) is 79.0 Å². The molecule has 0 bridgehead atoms. The van der Waals surface area contributed by atoms with Crippen molar-refractivity contribution in [3.05, 3.63) is 100 Å². The van der Waals surface area contributed by atoms with E-state index in [1.54, 1.807) is 0 Å². The van der Waals surface area contributed by atoms with Gasteiger partial charge in [-0.05, 0) is 45.9 Å². The number of carbonyl (C=O) groups excluding carboxylic acids is 1. The molecular formula is C24H18INO2. The summed E-state index contributed by atoms with van der Waals surface area (Å²) < 4.78 is 8.38. The van der Waals surface area contributed by atoms with Crippen molar-refractivity contribution >= 4 is 28.6 Å². The number of hydrogen-bond acceptors (Lipinski definition) is 2. The van der Waals surface area contributed by atoms with Crippen LogP contribution in [0.1, 0.15) is 10.4 Å². The van der Waals surface area contributed by atoms with E-state index in [0.29, 0.717) is 5.56 Å². The summed E-state index contributed by atoms with van der Waals surface area (Å²) in [5, 5.41) is 0. The third kappa shape index (κ3) is 3.36. The number of carbonyl (C=O) groups is 1. The molecule has 4 rings (SSSR count). The Morgan fingerprint density at radius 3 is 2.00 bits per heavy atom. The summed E-state index contributed by atoms with van der Waals surface area (Å²) >= 11 is 2.33. The van der Waals surface area contributed by atoms with Crippen molar-refractivity contribution in [1.82, 2.24) is 4.57 Å². The lowest BCUT2D eigenvalue weighted by Crippen LogP contribution is -2.06. The number of aromatic nitrogens is 1. The maximum absolute atomic E-state index is 12.9. The lowest BCUT2D eigenvalue weighted by Gasteiger charge is -2.13. The molecule has 0 unspecified atom stereocenters. The predicted molar refractivity (Wildman–Crippen MR) is 121 cm³/mol. The minimum atomic E-state index is -0.345. The summed E-state index contributed by atoms with van der Waals surface area (Å²) in [6.45, 7) is 0. The van der Waals surface area contributed by atoms with Crippen molar-refractivity contribution in [2.45, 2.75) is 0 Å². The second kappa shape index (κ2) is 8.02. The van der Waals surface area contributed by atoms with Crippen molar-refractivity contribution in [1.29, 1.82) is 0 Å². The molecule has 0 saturated heterocycles. The summed E-state index contributed by atoms with van der Waals surface area (Å²) in [5.74, 6) is -0.345. The van der Waals surface area contributed by atoms with Crippen molar-refractivity contribution in [3.8, 4) is 28.1 Å². The van der Waals surface area contributed by atoms with Gasteiger partial charge < -0.3 is 9.30 Å². The first kappa shape index (κ1) is 18.5. The Morgan fingerprint density at radius 2 is 1.39 bits per heavy atom. The quantitative estimate of drug-likeness (QED) is 0.258. The lowest BCUT2D eigenvalue weighted by molar-refractivity contribution is 0.0602. The van der Waals surface area contributed by atoms with Gasteiger partial charge in [-0.15, -0.1) is 0 Å². The van der Waals surface area contributed by atoms with Gasteiger partial charge in [0.25, 0.3) is 0 Å². The predicted octanol–water partition coefficient (Wildman–Crippen LogP) is 6.20. The van der Waals surface area contributed by atoms with Crippen LogP contribution in [0.4, 0.5) is 0 Å². The minimum absolute atomic E-state index is 0.345. The highest BCUT2D eigenvalue weighted by Gasteiger charge is 2.25. The van der Waals surface area contributed by atoms with Crippen LogP contribution < -0.4 is 0 Å². The van der Waals surface area contributed by atoms with Gasteiger partial charge in [-0.1, -0.05) is 72.8 Å². The number of nitrogens with zero attached hydrogens (tertiary/aromatic N) is 1. The van der Waals surface area contributed by atoms with E-state index in [4.69, 9.17) is 4.74 Å². The molecule has 1 aromatic heterocycles. The van der Waals surface area contributed by atoms with Gasteiger partial charge in [-0.25, -0.2) is 4.79 Å². The number of benzene rings is 3. The summed E-state index contributed by atoms with van der Waals surface area (Å²) in [5.41, 5.74) is 5.21. The summed E-state index contributed by atoms with van der Waals surface area (Å²) in [6, 6.07) is 28.0. The highest BCUT2D eigenvalue weighted by atomic mass is 127. The molecular weight excluding hydrogens is 461 g/mol. The first-order chi connectivity index (χ1) is 13.7. The number of para-hydroxylation sites is 1. The second-order valence-electron chi connectivity index (χ2n) is 6.31. The molecule has 0 N–H and O–H groups in total. The van der Waals surface area contributed by atoms with E-state index in [0.717, 1.165) is 31.6 Å². The normalized spacial score (nSPS) is 10.6. The smallest absolute Gasteiger partial charge is 0.340 e. The Labute approximate surface area is 177 Å². The fourth-order valence-electron chi connectivity index (χ4n) is 3.37. The highest BCUT2D eigenvalue weighted by Crippen LogP contribution is 2.37. The van der Waals surface area contributed by atoms with E-state index in [1.165, 1.54) is 7.11 Å². The first-order valence-corrected chi connectivity index (χ1v) is 9.98. The lowest BCUT2D eigenvalue weighted by atomic mass is 10.00. The molecule has 0 aliphatic rings. The SMILES string of the molecule is COC(=O)c1c(-c2ccccc2)cn(-c2ccccc2I)c1-c1ccccc1. The van der Waals surface area contributed by atoms with E-state index in [9.17, 15) is 4.79 Å². The zero-order valence-electron chi connectivity index (χ0n) is 15.3. The number of rotatable bonds is 4. The van der Waals surface area contributed by atoms with Crippen molar-refractivity contribution in [2.75, 3.05) is 7.11 Å². The molecule has 4 aromatic rings. The Kier molecular flexibility index (Phi) is 5.30. The van der Waals surface area contributed by atoms with Crippen LogP contribution in [0, 0.1) is 3.57 Å². The molecule has 3 aromatic carbocycles. The topological polar surface area (TPSA) is 31.2 Å². The third-order valence-corrected chi connectivity index (χ3v) is 5.55. The average molecular weight is 479 g/mol. The third-order valence-electron chi connectivity index (χ3n) is 4.64. The van der Waals surface area contributed by atoms with Crippen LogP contribution in [0.3, 0.4) is 0 Å². The van der Waals surface area contributed by atoms with Gasteiger partial charge in [0.2, 0.25) is 0 Å². The molecule has 138 valence electrons. The second-order valence-corrected chi connectivity index (χ2v) is 7.47. The zero-order valence-corrected chi connectivity index (χ0v) is 17.5. The average Bonchev–Trinajstić information content (AvgIpc) is 3.15. The Balaban J connectivity index is 2.10. The van der Waals surface area contributed by atoms with Gasteiger partial charge in [0, 0.05) is 15.3 Å². The summed E-state index contributed by atoms with van der Waals surface area (Å²) in [7, 11) is 1.43. The first-order valence-electron chi connectivity index (χ1n) is 8.90. The van der Waals surface area contributed by atoms with Gasteiger partial charge in [0.1, 0.15) is 0 Å². The molecule has 1 heterocycles. The molecule has 0 aliphatic carbocycles. The van der Waals surface area contributed by atoms with Gasteiger partial charge in [0.05, 0.1) is 24.1 Å². The maximum atomic E-state index is 12.9. The maximum Gasteiger partial charge on any atom is 0.340 e. The fraction of sp³-hybridized carbons (Fsp3) is 0.0417. The van der Waals surface area contributed by atoms with Crippen molar-refractivity contribution < 1.29 is 9.53 Å². The summed E-state index contributed by atoms with van der Waals surface area (Å²) in [6.07, 6.45) is 2.03. The summed E-state index contributed by atoms with van der Waals surface area (Å²) in [4.78, 5) is 12.9. The van der Waals surface area contributed by atoms with Gasteiger partial charge in [-0.3, -0.25) is 0 Å². The van der Waals surface area contributed by atoms with Gasteiger partial charge in [-0.2, -0.15) is 0 Å². The molecule has 0 radical (unpaired) electrons. The van der Waals surface area contributed by atoms with Crippen LogP contribution >= 0.6 is 22.6 Å². The molecule has 0 spiro atoms. The van der Waals surface area contributed by atoms with E-state index < -0.39 is 0 Å². The number of ether oxygens (including phenoxy) is 1. The monoisotopic (exact) mass is 479 g/mol. The van der Waals surface area contributed by atoms with Crippen LogP contribution in [0.15, 0.2) is 91.1 Å². The van der Waals surface area contributed by atoms with E-state index in [-0.39, 0.29) is 5.97 Å². The fourth-order valence-corrected chi connectivity index (χ4v) is 4.02. The van der Waals surface area contributed by atoms with Crippen molar-refractivity contribution in [2.24, 2.45) is 0 Å². The molecule has 3 nitrogen and oxygen atoms in total. The number of methoxy groups -OCH3 is 1. The molecule has 0 amide bonds. The van der Waals surface area contributed by atoms with Crippen LogP contribution in [-0.2, 0) is 4.74 Å². The Hall–Kier alpha value is -2.86. The van der Waals surface area contributed by atoms with Crippen LogP contribution in [-0.4, -0.2) is 17.6 Å². The molecule has 4 heteroatoms. The van der Waals surface area contributed by atoms with Crippen molar-refractivity contribution in [3.63, 3.8) is 0 Å². The van der Waals surface area contributed by atoms with Gasteiger partial charge in [0.15, 0.2) is 0 Å². The largest absolute Gasteiger partial charge is 0.465 e. The molecule has 28 heavy (non-hydrogen) atoms. The van der Waals surface area contributed by atoms with E-state index >= 15 is 0 Å². The highest BCUT2D eigenvalue weighted by molar-refractivity contribution is 14.1. The number of hydrogen-bond donors (Lipinski definition) is 0. The zero-order chi connectivity index (χ0) is 19.5.